The molecular weight excluding hydrogens is 432 g/mol. The number of nitrogens with zero attached hydrogens (tertiary/aromatic N) is 3. The van der Waals surface area contributed by atoms with E-state index in [4.69, 9.17) is 4.98 Å². The van der Waals surface area contributed by atoms with Crippen molar-refractivity contribution in [1.29, 1.82) is 0 Å². The molecule has 0 N–H and O–H groups in total. The summed E-state index contributed by atoms with van der Waals surface area (Å²) in [4.78, 5) is 38.6. The van der Waals surface area contributed by atoms with Gasteiger partial charge in [-0.3, -0.25) is 9.59 Å². The van der Waals surface area contributed by atoms with E-state index in [0.29, 0.717) is 36.7 Å². The Morgan fingerprint density at radius 1 is 1.06 bits per heavy atom. The van der Waals surface area contributed by atoms with E-state index in [1.165, 1.54) is 11.3 Å². The van der Waals surface area contributed by atoms with Crippen LogP contribution in [0.3, 0.4) is 0 Å². The van der Waals surface area contributed by atoms with Gasteiger partial charge in [0.2, 0.25) is 0 Å². The number of amides is 1. The Kier molecular flexibility index (Phi) is 5.28. The lowest BCUT2D eigenvalue weighted by Crippen LogP contribution is -2.40. The summed E-state index contributed by atoms with van der Waals surface area (Å²) in [5.41, 5.74) is 1.59. The quantitative estimate of drug-likeness (QED) is 0.508. The summed E-state index contributed by atoms with van der Waals surface area (Å²) < 4.78 is 27.5. The average molecular weight is 456 g/mol. The number of rotatable bonds is 4. The number of hydrogen-bond donors (Lipinski definition) is 0. The summed E-state index contributed by atoms with van der Waals surface area (Å²) in [6.45, 7) is 4.70. The molecule has 5 rings (SSSR count). The number of aromatic nitrogens is 2. The second kappa shape index (κ2) is 7.99. The van der Waals surface area contributed by atoms with Crippen molar-refractivity contribution in [3.63, 3.8) is 0 Å². The first kappa shape index (κ1) is 21.1. The van der Waals surface area contributed by atoms with E-state index in [-0.39, 0.29) is 11.5 Å². The highest BCUT2D eigenvalue weighted by atomic mass is 32.1. The molecule has 0 atom stereocenters. The van der Waals surface area contributed by atoms with Gasteiger partial charge in [-0.15, -0.1) is 11.3 Å². The molecular formula is C24H23F2N3O2S. The number of fused-ring (bicyclic) bond motifs is 1. The number of likely N-dealkylation sites (tertiary alicyclic amines) is 1. The Morgan fingerprint density at radius 3 is 2.47 bits per heavy atom. The molecule has 32 heavy (non-hydrogen) atoms. The summed E-state index contributed by atoms with van der Waals surface area (Å²) in [6.07, 6.45) is 3.09. The maximum Gasteiger partial charge on any atom is 0.264 e. The highest BCUT2D eigenvalue weighted by molar-refractivity contribution is 7.20. The van der Waals surface area contributed by atoms with Crippen molar-refractivity contribution in [2.24, 2.45) is 5.92 Å². The third-order valence-corrected chi connectivity index (χ3v) is 7.65. The van der Waals surface area contributed by atoms with Crippen molar-refractivity contribution in [2.75, 3.05) is 13.1 Å². The van der Waals surface area contributed by atoms with E-state index in [1.54, 1.807) is 4.90 Å². The summed E-state index contributed by atoms with van der Waals surface area (Å²) in [7, 11) is 0. The number of halogens is 2. The van der Waals surface area contributed by atoms with Crippen molar-refractivity contribution >= 4 is 33.2 Å². The highest BCUT2D eigenvalue weighted by Gasteiger charge is 2.32. The SMILES string of the molecule is Cc1nc(C2CC2)nc2sc(C(=O)N3CCC(C(=O)c4cc(F)ccc4F)CC3)c(C)c12. The third kappa shape index (κ3) is 3.70. The molecule has 1 aliphatic heterocycles. The van der Waals surface area contributed by atoms with E-state index in [1.807, 2.05) is 13.8 Å². The molecule has 5 nitrogen and oxygen atoms in total. The van der Waals surface area contributed by atoms with E-state index < -0.39 is 23.3 Å². The fourth-order valence-corrected chi connectivity index (χ4v) is 5.69. The van der Waals surface area contributed by atoms with E-state index in [9.17, 15) is 18.4 Å². The van der Waals surface area contributed by atoms with Gasteiger partial charge in [0.25, 0.3) is 5.91 Å². The van der Waals surface area contributed by atoms with Gasteiger partial charge in [-0.05, 0) is 63.3 Å². The Labute approximate surface area is 188 Å². The van der Waals surface area contributed by atoms with E-state index >= 15 is 0 Å². The highest BCUT2D eigenvalue weighted by Crippen LogP contribution is 2.40. The van der Waals surface area contributed by atoms with Crippen molar-refractivity contribution in [2.45, 2.75) is 45.4 Å². The first-order valence-electron chi connectivity index (χ1n) is 10.9. The molecule has 1 aromatic carbocycles. The van der Waals surface area contributed by atoms with Gasteiger partial charge in [0.05, 0.1) is 16.1 Å². The topological polar surface area (TPSA) is 63.2 Å². The molecule has 2 aliphatic rings. The minimum absolute atomic E-state index is 0.0688. The van der Waals surface area contributed by atoms with Crippen LogP contribution >= 0.6 is 11.3 Å². The number of carbonyl (C=O) groups excluding carboxylic acids is 2. The van der Waals surface area contributed by atoms with Crippen molar-refractivity contribution in [3.05, 3.63) is 57.4 Å². The molecule has 1 saturated heterocycles. The smallest absolute Gasteiger partial charge is 0.264 e. The summed E-state index contributed by atoms with van der Waals surface area (Å²) in [6, 6.07) is 2.93. The van der Waals surface area contributed by atoms with Gasteiger partial charge in [-0.2, -0.15) is 0 Å². The largest absolute Gasteiger partial charge is 0.338 e. The molecule has 0 unspecified atom stereocenters. The zero-order valence-electron chi connectivity index (χ0n) is 18.0. The third-order valence-electron chi connectivity index (χ3n) is 6.47. The zero-order chi connectivity index (χ0) is 22.6. The standard InChI is InChI=1S/C24H23F2N3O2S/c1-12-19-13(2)27-22(15-3-4-15)28-23(19)32-21(12)24(31)29-9-7-14(8-10-29)20(30)17-11-16(25)5-6-18(17)26/h5-6,11,14-15H,3-4,7-10H2,1-2H3. The molecule has 3 aromatic rings. The Morgan fingerprint density at radius 2 is 1.78 bits per heavy atom. The minimum Gasteiger partial charge on any atom is -0.338 e. The molecule has 166 valence electrons. The van der Waals surface area contributed by atoms with Crippen molar-refractivity contribution in [3.8, 4) is 0 Å². The summed E-state index contributed by atoms with van der Waals surface area (Å²) in [5, 5.41) is 0.953. The van der Waals surface area contributed by atoms with Crippen LogP contribution in [-0.4, -0.2) is 39.6 Å². The molecule has 3 heterocycles. The van der Waals surface area contributed by atoms with Crippen molar-refractivity contribution < 1.29 is 18.4 Å². The number of hydrogen-bond acceptors (Lipinski definition) is 5. The zero-order valence-corrected chi connectivity index (χ0v) is 18.8. The number of ketones is 1. The van der Waals surface area contributed by atoms with Crippen LogP contribution in [0.25, 0.3) is 10.2 Å². The van der Waals surface area contributed by atoms with Crippen LogP contribution in [0.5, 0.6) is 0 Å². The lowest BCUT2D eigenvalue weighted by Gasteiger charge is -2.31. The molecule has 1 saturated carbocycles. The van der Waals surface area contributed by atoms with Crippen LogP contribution in [0.2, 0.25) is 0 Å². The van der Waals surface area contributed by atoms with Crippen LogP contribution in [0.4, 0.5) is 8.78 Å². The van der Waals surface area contributed by atoms with Crippen LogP contribution < -0.4 is 0 Å². The molecule has 1 amide bonds. The van der Waals surface area contributed by atoms with Gasteiger partial charge in [0, 0.05) is 30.3 Å². The minimum atomic E-state index is -0.710. The fourth-order valence-electron chi connectivity index (χ4n) is 4.48. The summed E-state index contributed by atoms with van der Waals surface area (Å²) >= 11 is 1.41. The van der Waals surface area contributed by atoms with Gasteiger partial charge in [0.1, 0.15) is 22.3 Å². The normalized spacial score (nSPS) is 17.2. The van der Waals surface area contributed by atoms with Crippen LogP contribution in [0.1, 0.15) is 68.7 Å². The Hall–Kier alpha value is -2.74. The van der Waals surface area contributed by atoms with Crippen molar-refractivity contribution in [1.82, 2.24) is 14.9 Å². The molecule has 1 aliphatic carbocycles. The number of thiophene rings is 1. The number of benzene rings is 1. The lowest BCUT2D eigenvalue weighted by molar-refractivity contribution is 0.0652. The predicted molar refractivity (Wildman–Crippen MR) is 118 cm³/mol. The lowest BCUT2D eigenvalue weighted by atomic mass is 9.88. The first-order chi connectivity index (χ1) is 15.3. The second-order valence-electron chi connectivity index (χ2n) is 8.73. The van der Waals surface area contributed by atoms with Crippen LogP contribution in [0, 0.1) is 31.4 Å². The van der Waals surface area contributed by atoms with E-state index in [0.717, 1.165) is 58.3 Å². The Balaban J connectivity index is 1.33. The fraction of sp³-hybridized carbons (Fsp3) is 0.417. The molecule has 0 radical (unpaired) electrons. The molecule has 2 fully saturated rings. The second-order valence-corrected chi connectivity index (χ2v) is 9.73. The van der Waals surface area contributed by atoms with Gasteiger partial charge < -0.3 is 4.90 Å². The monoisotopic (exact) mass is 455 g/mol. The summed E-state index contributed by atoms with van der Waals surface area (Å²) in [5.74, 6) is -0.915. The molecule has 2 aromatic heterocycles. The average Bonchev–Trinajstić information content (AvgIpc) is 3.58. The Bertz CT molecular complexity index is 1240. The molecule has 8 heteroatoms. The molecule has 0 spiro atoms. The van der Waals surface area contributed by atoms with Gasteiger partial charge in [0.15, 0.2) is 5.78 Å². The maximum atomic E-state index is 14.0. The number of carbonyl (C=O) groups is 2. The maximum absolute atomic E-state index is 14.0. The van der Waals surface area contributed by atoms with Crippen LogP contribution in [-0.2, 0) is 0 Å². The predicted octanol–water partition coefficient (Wildman–Crippen LogP) is 5.20. The number of piperidine rings is 1. The number of aryl methyl sites for hydroxylation is 2. The van der Waals surface area contributed by atoms with Crippen LogP contribution in [0.15, 0.2) is 18.2 Å². The van der Waals surface area contributed by atoms with Gasteiger partial charge in [-0.1, -0.05) is 0 Å². The van der Waals surface area contributed by atoms with Gasteiger partial charge >= 0.3 is 0 Å². The van der Waals surface area contributed by atoms with Gasteiger partial charge in [-0.25, -0.2) is 18.7 Å². The number of Topliss-reactive ketones (excluding diaryl/α,β-unsaturated/α-hetero) is 1. The first-order valence-corrected chi connectivity index (χ1v) is 11.7. The van der Waals surface area contributed by atoms with E-state index in [2.05, 4.69) is 4.98 Å². The molecule has 0 bridgehead atoms.